The molecule has 2 saturated heterocycles. The van der Waals surface area contributed by atoms with Crippen molar-refractivity contribution in [1.82, 2.24) is 15.6 Å². The molecule has 5 N–H and O–H groups in total. The van der Waals surface area contributed by atoms with Crippen molar-refractivity contribution in [2.24, 2.45) is 0 Å². The molecule has 0 radical (unpaired) electrons. The van der Waals surface area contributed by atoms with Crippen LogP contribution in [-0.4, -0.2) is 30.0 Å². The highest BCUT2D eigenvalue weighted by Gasteiger charge is 2.24. The average molecular weight is 433 g/mol. The van der Waals surface area contributed by atoms with Crippen LogP contribution in [0.2, 0.25) is 0 Å². The largest absolute Gasteiger partial charge is 0.489 e. The molecular formula is C25H30N5O2+. The number of hydrogen-bond donors (Lipinski definition) is 4. The van der Waals surface area contributed by atoms with Crippen LogP contribution in [0, 0.1) is 0 Å². The molecule has 0 spiro atoms. The smallest absolute Gasteiger partial charge is 0.269 e. The molecule has 0 unspecified atom stereocenters. The van der Waals surface area contributed by atoms with Crippen molar-refractivity contribution in [2.75, 3.05) is 18.4 Å². The molecule has 0 aliphatic carbocycles. The predicted molar refractivity (Wildman–Crippen MR) is 123 cm³/mol. The maximum Gasteiger partial charge on any atom is 0.269 e. The van der Waals surface area contributed by atoms with Crippen LogP contribution in [0.25, 0.3) is 11.3 Å². The topological polar surface area (TPSA) is 92.3 Å². The molecular weight excluding hydrogens is 402 g/mol. The summed E-state index contributed by atoms with van der Waals surface area (Å²) in [7, 11) is 0. The van der Waals surface area contributed by atoms with E-state index in [9.17, 15) is 4.79 Å². The molecule has 2 aliphatic heterocycles. The Kier molecular flexibility index (Phi) is 6.18. The molecule has 7 heteroatoms. The first-order chi connectivity index (χ1) is 15.7. The van der Waals surface area contributed by atoms with Gasteiger partial charge in [-0.05, 0) is 80.7 Å². The minimum absolute atomic E-state index is 0.0397. The van der Waals surface area contributed by atoms with Crippen LogP contribution in [0.15, 0.2) is 54.7 Å². The summed E-state index contributed by atoms with van der Waals surface area (Å²) in [5.74, 6) is 2.00. The van der Waals surface area contributed by atoms with Gasteiger partial charge in [0.2, 0.25) is 5.91 Å². The van der Waals surface area contributed by atoms with Crippen molar-refractivity contribution < 1.29 is 14.5 Å². The lowest BCUT2D eigenvalue weighted by Crippen LogP contribution is -2.35. The lowest BCUT2D eigenvalue weighted by molar-refractivity contribution is -0.391. The van der Waals surface area contributed by atoms with E-state index in [1.165, 1.54) is 6.42 Å². The molecule has 3 aromatic rings. The van der Waals surface area contributed by atoms with E-state index in [-0.39, 0.29) is 11.9 Å². The molecule has 1 aromatic heterocycles. The number of amides is 1. The number of ether oxygens (including phenoxy) is 1. The van der Waals surface area contributed by atoms with Gasteiger partial charge in [-0.2, -0.15) is 0 Å². The van der Waals surface area contributed by atoms with E-state index < -0.39 is 0 Å². The summed E-state index contributed by atoms with van der Waals surface area (Å²) in [4.78, 5) is 19.1. The van der Waals surface area contributed by atoms with Crippen molar-refractivity contribution in [3.63, 3.8) is 0 Å². The molecule has 32 heavy (non-hydrogen) atoms. The van der Waals surface area contributed by atoms with Gasteiger partial charge in [-0.25, -0.2) is 9.97 Å². The molecule has 2 fully saturated rings. The number of hydrogen-bond acceptors (Lipinski definition) is 4. The maximum atomic E-state index is 12.2. The van der Waals surface area contributed by atoms with Crippen molar-refractivity contribution in [3.05, 3.63) is 66.1 Å². The Labute approximate surface area is 188 Å². The predicted octanol–water partition coefficient (Wildman–Crippen LogP) is 3.19. The number of imidazole rings is 1. The van der Waals surface area contributed by atoms with Gasteiger partial charge >= 0.3 is 0 Å². The number of carbonyl (C=O) groups is 1. The van der Waals surface area contributed by atoms with E-state index >= 15 is 0 Å². The lowest BCUT2D eigenvalue weighted by Gasteiger charge is -2.12. The lowest BCUT2D eigenvalue weighted by atomic mass is 10.1. The van der Waals surface area contributed by atoms with Crippen LogP contribution >= 0.6 is 0 Å². The summed E-state index contributed by atoms with van der Waals surface area (Å²) in [6, 6.07) is 16.3. The Hall–Kier alpha value is -3.16. The highest BCUT2D eigenvalue weighted by Crippen LogP contribution is 2.24. The van der Waals surface area contributed by atoms with Gasteiger partial charge in [0.25, 0.3) is 5.82 Å². The van der Waals surface area contributed by atoms with Crippen LogP contribution < -0.4 is 25.7 Å². The first-order valence-corrected chi connectivity index (χ1v) is 11.4. The van der Waals surface area contributed by atoms with Gasteiger partial charge in [0, 0.05) is 11.3 Å². The number of rotatable bonds is 7. The molecule has 5 rings (SSSR count). The number of H-pyrrole nitrogens is 2. The summed E-state index contributed by atoms with van der Waals surface area (Å²) in [6.07, 6.45) is 6.35. The summed E-state index contributed by atoms with van der Waals surface area (Å²) in [6.45, 7) is 2.47. The zero-order chi connectivity index (χ0) is 21.8. The van der Waals surface area contributed by atoms with E-state index in [0.29, 0.717) is 12.6 Å². The molecule has 166 valence electrons. The first kappa shape index (κ1) is 20.7. The monoisotopic (exact) mass is 432 g/mol. The second-order valence-electron chi connectivity index (χ2n) is 8.54. The third kappa shape index (κ3) is 4.84. The van der Waals surface area contributed by atoms with E-state index in [0.717, 1.165) is 66.4 Å². The number of aromatic amines is 2. The zero-order valence-electron chi connectivity index (χ0n) is 18.1. The van der Waals surface area contributed by atoms with Crippen molar-refractivity contribution >= 4 is 11.6 Å². The fraction of sp³-hybridized carbons (Fsp3) is 0.360. The van der Waals surface area contributed by atoms with E-state index in [1.807, 2.05) is 42.6 Å². The third-order valence-electron chi connectivity index (χ3n) is 6.22. The quantitative estimate of drug-likeness (QED) is 0.461. The maximum absolute atomic E-state index is 12.2. The number of anilines is 1. The summed E-state index contributed by atoms with van der Waals surface area (Å²) >= 11 is 0. The molecule has 1 amide bonds. The minimum atomic E-state index is -0.0733. The Bertz CT molecular complexity index is 1030. The Morgan fingerprint density at radius 2 is 1.78 bits per heavy atom. The van der Waals surface area contributed by atoms with Crippen LogP contribution in [-0.2, 0) is 11.4 Å². The van der Waals surface area contributed by atoms with Crippen LogP contribution in [0.4, 0.5) is 5.69 Å². The SMILES string of the molecule is O=C(Nc1ccc(COc2ccc(-c3c[nH+]c([C@@H]4CCCN4)[nH]3)cc2)cc1)[C@@H]1CCCN1. The molecule has 2 aliphatic rings. The number of aromatic nitrogens is 2. The number of nitrogens with one attached hydrogen (secondary N) is 5. The van der Waals surface area contributed by atoms with Gasteiger partial charge in [0.05, 0.1) is 6.04 Å². The van der Waals surface area contributed by atoms with E-state index in [4.69, 9.17) is 4.74 Å². The average Bonchev–Trinajstić information content (AvgIpc) is 3.61. The van der Waals surface area contributed by atoms with E-state index in [1.54, 1.807) is 0 Å². The van der Waals surface area contributed by atoms with E-state index in [2.05, 4.69) is 38.1 Å². The number of carbonyl (C=O) groups excluding carboxylic acids is 1. The summed E-state index contributed by atoms with van der Waals surface area (Å²) < 4.78 is 5.95. The summed E-state index contributed by atoms with van der Waals surface area (Å²) in [5.41, 5.74) is 4.06. The molecule has 0 saturated carbocycles. The van der Waals surface area contributed by atoms with Crippen LogP contribution in [0.5, 0.6) is 5.75 Å². The van der Waals surface area contributed by atoms with Gasteiger partial charge in [0.15, 0.2) is 5.69 Å². The Morgan fingerprint density at radius 3 is 2.50 bits per heavy atom. The fourth-order valence-corrected chi connectivity index (χ4v) is 4.36. The second-order valence-corrected chi connectivity index (χ2v) is 8.54. The molecule has 7 nitrogen and oxygen atoms in total. The van der Waals surface area contributed by atoms with Crippen molar-refractivity contribution in [1.29, 1.82) is 0 Å². The molecule has 0 bridgehead atoms. The Morgan fingerprint density at radius 1 is 1.00 bits per heavy atom. The van der Waals surface area contributed by atoms with Gasteiger partial charge in [-0.3, -0.25) is 4.79 Å². The minimum Gasteiger partial charge on any atom is -0.489 e. The molecule has 3 heterocycles. The summed E-state index contributed by atoms with van der Waals surface area (Å²) in [5, 5.41) is 9.69. The zero-order valence-corrected chi connectivity index (χ0v) is 18.1. The van der Waals surface area contributed by atoms with Gasteiger partial charge < -0.3 is 20.7 Å². The normalized spacial score (nSPS) is 20.4. The van der Waals surface area contributed by atoms with Gasteiger partial charge in [-0.1, -0.05) is 12.1 Å². The second kappa shape index (κ2) is 9.54. The highest BCUT2D eigenvalue weighted by atomic mass is 16.5. The molecule has 2 aromatic carbocycles. The van der Waals surface area contributed by atoms with Crippen molar-refractivity contribution in [2.45, 2.75) is 44.4 Å². The fourth-order valence-electron chi connectivity index (χ4n) is 4.36. The van der Waals surface area contributed by atoms with Gasteiger partial charge in [-0.15, -0.1) is 0 Å². The molecule has 2 atom stereocenters. The highest BCUT2D eigenvalue weighted by molar-refractivity contribution is 5.95. The number of benzene rings is 2. The third-order valence-corrected chi connectivity index (χ3v) is 6.22. The first-order valence-electron chi connectivity index (χ1n) is 11.4. The van der Waals surface area contributed by atoms with Crippen LogP contribution in [0.3, 0.4) is 0 Å². The Balaban J connectivity index is 1.13. The van der Waals surface area contributed by atoms with Crippen molar-refractivity contribution in [3.8, 4) is 17.0 Å². The van der Waals surface area contributed by atoms with Crippen LogP contribution in [0.1, 0.15) is 43.1 Å². The standard InChI is InChI=1S/C25H29N5O2/c31-25(22-4-2-14-27-22)29-19-9-5-17(6-10-19)16-32-20-11-7-18(8-12-20)23-15-28-24(30-23)21-3-1-13-26-21/h5-12,15,21-22,26-27H,1-4,13-14,16H2,(H,28,30)(H,29,31)/p+1/t21-,22-/m0/s1. The van der Waals surface area contributed by atoms with Gasteiger partial charge in [0.1, 0.15) is 24.6 Å².